The van der Waals surface area contributed by atoms with Gasteiger partial charge in [-0.15, -0.1) is 0 Å². The Morgan fingerprint density at radius 3 is 2.50 bits per heavy atom. The maximum atomic E-state index is 10.7. The Kier molecular flexibility index (Phi) is 4.59. The summed E-state index contributed by atoms with van der Waals surface area (Å²) >= 11 is 0. The molecule has 0 saturated carbocycles. The van der Waals surface area contributed by atoms with Crippen molar-refractivity contribution in [1.82, 2.24) is 4.90 Å². The topological polar surface area (TPSA) is 76.1 Å². The van der Waals surface area contributed by atoms with E-state index in [2.05, 4.69) is 9.47 Å². The molecule has 1 amide bonds. The average Bonchev–Trinajstić information content (AvgIpc) is 2.02. The third-order valence-electron chi connectivity index (χ3n) is 1.14. The van der Waals surface area contributed by atoms with Crippen LogP contribution in [0.5, 0.6) is 0 Å². The minimum atomic E-state index is -1.35. The van der Waals surface area contributed by atoms with Crippen molar-refractivity contribution in [2.45, 2.75) is 0 Å². The van der Waals surface area contributed by atoms with Gasteiger partial charge in [-0.2, -0.15) is 0 Å². The van der Waals surface area contributed by atoms with E-state index in [1.54, 1.807) is 0 Å². The molecule has 1 N–H and O–H groups in total. The van der Waals surface area contributed by atoms with Gasteiger partial charge in [0.25, 0.3) is 0 Å². The van der Waals surface area contributed by atoms with Gasteiger partial charge in [-0.25, -0.2) is 9.59 Å². The van der Waals surface area contributed by atoms with E-state index in [1.807, 2.05) is 0 Å². The SMILES string of the molecule is COC(=O)N(C)CCOC(=O)O. The largest absolute Gasteiger partial charge is 0.505 e. The van der Waals surface area contributed by atoms with E-state index in [9.17, 15) is 9.59 Å². The second kappa shape index (κ2) is 5.22. The van der Waals surface area contributed by atoms with Crippen LogP contribution in [0.3, 0.4) is 0 Å². The van der Waals surface area contributed by atoms with Gasteiger partial charge in [-0.05, 0) is 0 Å². The van der Waals surface area contributed by atoms with E-state index in [0.717, 1.165) is 0 Å². The highest BCUT2D eigenvalue weighted by atomic mass is 16.7. The number of likely N-dealkylation sites (N-methyl/N-ethyl adjacent to an activating group) is 1. The molecule has 6 heteroatoms. The molecule has 6 nitrogen and oxygen atoms in total. The Labute approximate surface area is 69.7 Å². The molecule has 0 aliphatic heterocycles. The molecular formula is C6H11NO5. The lowest BCUT2D eigenvalue weighted by molar-refractivity contribution is 0.0782. The van der Waals surface area contributed by atoms with Crippen LogP contribution in [0.15, 0.2) is 0 Å². The van der Waals surface area contributed by atoms with Crippen molar-refractivity contribution < 1.29 is 24.2 Å². The van der Waals surface area contributed by atoms with E-state index in [1.165, 1.54) is 19.1 Å². The molecule has 0 aliphatic carbocycles. The molecule has 12 heavy (non-hydrogen) atoms. The second-order valence-electron chi connectivity index (χ2n) is 2.01. The van der Waals surface area contributed by atoms with Crippen LogP contribution >= 0.6 is 0 Å². The molecule has 0 aromatic rings. The van der Waals surface area contributed by atoms with Gasteiger partial charge >= 0.3 is 12.2 Å². The van der Waals surface area contributed by atoms with Crippen LogP contribution < -0.4 is 0 Å². The molecule has 0 saturated heterocycles. The number of carbonyl (C=O) groups is 2. The second-order valence-corrected chi connectivity index (χ2v) is 2.01. The van der Waals surface area contributed by atoms with E-state index in [4.69, 9.17) is 5.11 Å². The summed E-state index contributed by atoms with van der Waals surface area (Å²) in [6.07, 6.45) is -1.88. The van der Waals surface area contributed by atoms with Crippen LogP contribution in [0.2, 0.25) is 0 Å². The summed E-state index contributed by atoms with van der Waals surface area (Å²) in [6, 6.07) is 0. The van der Waals surface area contributed by atoms with Gasteiger partial charge < -0.3 is 19.5 Å². The van der Waals surface area contributed by atoms with E-state index >= 15 is 0 Å². The summed E-state index contributed by atoms with van der Waals surface area (Å²) in [5.41, 5.74) is 0. The first-order valence-corrected chi connectivity index (χ1v) is 3.22. The standard InChI is InChI=1S/C6H11NO5/c1-7(5(8)11-2)3-4-12-6(9)10/h3-4H2,1-2H3,(H,9,10). The van der Waals surface area contributed by atoms with Crippen molar-refractivity contribution >= 4 is 12.2 Å². The molecule has 0 unspecified atom stereocenters. The number of ether oxygens (including phenoxy) is 2. The van der Waals surface area contributed by atoms with Gasteiger partial charge in [-0.3, -0.25) is 0 Å². The number of nitrogens with zero attached hydrogens (tertiary/aromatic N) is 1. The summed E-state index contributed by atoms with van der Waals surface area (Å²) in [7, 11) is 2.73. The minimum absolute atomic E-state index is 0.0546. The number of hydrogen-bond acceptors (Lipinski definition) is 4. The van der Waals surface area contributed by atoms with Crippen LogP contribution in [-0.4, -0.2) is 49.6 Å². The Morgan fingerprint density at radius 2 is 2.08 bits per heavy atom. The van der Waals surface area contributed by atoms with E-state index in [-0.39, 0.29) is 13.2 Å². The zero-order valence-corrected chi connectivity index (χ0v) is 6.94. The Bertz CT molecular complexity index is 169. The molecule has 0 fully saturated rings. The fraction of sp³-hybridized carbons (Fsp3) is 0.667. The minimum Gasteiger partial charge on any atom is -0.453 e. The first-order valence-electron chi connectivity index (χ1n) is 3.22. The molecule has 0 radical (unpaired) electrons. The molecule has 0 bridgehead atoms. The highest BCUT2D eigenvalue weighted by Crippen LogP contribution is 1.88. The molecule has 0 atom stereocenters. The fourth-order valence-electron chi connectivity index (χ4n) is 0.517. The van der Waals surface area contributed by atoms with Crippen molar-refractivity contribution in [3.05, 3.63) is 0 Å². The fourth-order valence-corrected chi connectivity index (χ4v) is 0.517. The highest BCUT2D eigenvalue weighted by Gasteiger charge is 2.07. The highest BCUT2D eigenvalue weighted by molar-refractivity contribution is 5.66. The summed E-state index contributed by atoms with van der Waals surface area (Å²) in [5, 5.41) is 8.07. The monoisotopic (exact) mass is 177 g/mol. The van der Waals surface area contributed by atoms with Gasteiger partial charge in [0.1, 0.15) is 6.61 Å². The molecule has 0 rings (SSSR count). The summed E-state index contributed by atoms with van der Waals surface area (Å²) in [5.74, 6) is 0. The van der Waals surface area contributed by atoms with Crippen molar-refractivity contribution in [2.75, 3.05) is 27.3 Å². The lowest BCUT2D eigenvalue weighted by atomic mass is 10.6. The van der Waals surface area contributed by atoms with Crippen molar-refractivity contribution in [1.29, 1.82) is 0 Å². The number of methoxy groups -OCH3 is 1. The van der Waals surface area contributed by atoms with Gasteiger partial charge in [0.2, 0.25) is 0 Å². The summed E-state index contributed by atoms with van der Waals surface area (Å²) in [4.78, 5) is 21.8. The van der Waals surface area contributed by atoms with Gasteiger partial charge in [0, 0.05) is 7.05 Å². The van der Waals surface area contributed by atoms with Gasteiger partial charge in [-0.1, -0.05) is 0 Å². The van der Waals surface area contributed by atoms with E-state index < -0.39 is 12.2 Å². The molecule has 0 aliphatic rings. The van der Waals surface area contributed by atoms with E-state index in [0.29, 0.717) is 0 Å². The van der Waals surface area contributed by atoms with Crippen LogP contribution in [0, 0.1) is 0 Å². The average molecular weight is 177 g/mol. The van der Waals surface area contributed by atoms with Crippen molar-refractivity contribution in [3.8, 4) is 0 Å². The maximum absolute atomic E-state index is 10.7. The lowest BCUT2D eigenvalue weighted by Gasteiger charge is -2.13. The number of carbonyl (C=O) groups excluding carboxylic acids is 1. The van der Waals surface area contributed by atoms with Crippen LogP contribution in [0.25, 0.3) is 0 Å². The quantitative estimate of drug-likeness (QED) is 0.630. The number of amides is 1. The van der Waals surface area contributed by atoms with Gasteiger partial charge in [0.05, 0.1) is 13.7 Å². The molecule has 0 spiro atoms. The zero-order chi connectivity index (χ0) is 9.56. The summed E-state index contributed by atoms with van der Waals surface area (Å²) in [6.45, 7) is 0.125. The van der Waals surface area contributed by atoms with Crippen LogP contribution in [0.4, 0.5) is 9.59 Å². The Morgan fingerprint density at radius 1 is 1.50 bits per heavy atom. The molecule has 0 aromatic carbocycles. The van der Waals surface area contributed by atoms with Crippen LogP contribution in [0.1, 0.15) is 0 Å². The summed E-state index contributed by atoms with van der Waals surface area (Å²) < 4.78 is 8.53. The molecular weight excluding hydrogens is 166 g/mol. The first-order chi connectivity index (χ1) is 5.57. The van der Waals surface area contributed by atoms with Crippen LogP contribution in [-0.2, 0) is 9.47 Å². The number of hydrogen-bond donors (Lipinski definition) is 1. The zero-order valence-electron chi connectivity index (χ0n) is 6.94. The normalized spacial score (nSPS) is 8.83. The maximum Gasteiger partial charge on any atom is 0.505 e. The van der Waals surface area contributed by atoms with Crippen molar-refractivity contribution in [2.24, 2.45) is 0 Å². The first kappa shape index (κ1) is 10.5. The smallest absolute Gasteiger partial charge is 0.453 e. The molecule has 70 valence electrons. The Balaban J connectivity index is 3.50. The molecule has 0 heterocycles. The third-order valence-corrected chi connectivity index (χ3v) is 1.14. The lowest BCUT2D eigenvalue weighted by Crippen LogP contribution is -2.30. The van der Waals surface area contributed by atoms with Gasteiger partial charge in [0.15, 0.2) is 0 Å². The Hall–Kier alpha value is -1.46. The third kappa shape index (κ3) is 4.37. The number of rotatable bonds is 3. The molecule has 0 aromatic heterocycles. The van der Waals surface area contributed by atoms with Crippen molar-refractivity contribution in [3.63, 3.8) is 0 Å². The predicted molar refractivity (Wildman–Crippen MR) is 39.0 cm³/mol. The number of carboxylic acid groups (broad SMARTS) is 1. The predicted octanol–water partition coefficient (Wildman–Crippen LogP) is 0.379.